The lowest BCUT2D eigenvalue weighted by molar-refractivity contribution is 0.702. The van der Waals surface area contributed by atoms with Crippen LogP contribution < -0.4 is 0 Å². The van der Waals surface area contributed by atoms with Gasteiger partial charge in [-0.1, -0.05) is 54.6 Å². The molecule has 2 aromatic heterocycles. The van der Waals surface area contributed by atoms with Crippen LogP contribution >= 0.6 is 0 Å². The van der Waals surface area contributed by atoms with Gasteiger partial charge in [0.15, 0.2) is 0 Å². The van der Waals surface area contributed by atoms with Crippen LogP contribution in [0.25, 0.3) is 22.0 Å². The second kappa shape index (κ2) is 6.56. The van der Waals surface area contributed by atoms with Crippen LogP contribution in [-0.4, -0.2) is 9.55 Å². The Morgan fingerprint density at radius 3 is 2.36 bits per heavy atom. The van der Waals surface area contributed by atoms with Crippen molar-refractivity contribution in [3.8, 4) is 11.1 Å². The van der Waals surface area contributed by atoms with Gasteiger partial charge < -0.3 is 4.57 Å². The van der Waals surface area contributed by atoms with Gasteiger partial charge in [0.2, 0.25) is 0 Å². The molecule has 0 radical (unpaired) electrons. The van der Waals surface area contributed by atoms with Crippen molar-refractivity contribution >= 4 is 10.9 Å². The van der Waals surface area contributed by atoms with Gasteiger partial charge >= 0.3 is 0 Å². The lowest BCUT2D eigenvalue weighted by Crippen LogP contribution is -2.03. The molecule has 0 bridgehead atoms. The van der Waals surface area contributed by atoms with E-state index in [0.29, 0.717) is 0 Å². The van der Waals surface area contributed by atoms with E-state index in [1.54, 1.807) is 0 Å². The molecular weight excluding hydrogens is 304 g/mol. The smallest absolute Gasteiger partial charge is 0.0489 e. The zero-order valence-electron chi connectivity index (χ0n) is 14.7. The summed E-state index contributed by atoms with van der Waals surface area (Å²) in [5.41, 5.74) is 7.61. The minimum atomic E-state index is 0.962. The number of nitrogens with zero attached hydrogens (tertiary/aromatic N) is 2. The van der Waals surface area contributed by atoms with Crippen molar-refractivity contribution in [3.05, 3.63) is 89.9 Å². The van der Waals surface area contributed by atoms with Crippen LogP contribution in [0.4, 0.5) is 0 Å². The second-order valence-corrected chi connectivity index (χ2v) is 6.55. The lowest BCUT2D eigenvalue weighted by Gasteiger charge is -2.09. The van der Waals surface area contributed by atoms with Gasteiger partial charge in [-0.25, -0.2) is 0 Å². The van der Waals surface area contributed by atoms with Gasteiger partial charge in [-0.2, -0.15) is 0 Å². The first kappa shape index (κ1) is 15.6. The Hall–Kier alpha value is -2.87. The van der Waals surface area contributed by atoms with Crippen LogP contribution in [0.1, 0.15) is 17.0 Å². The molecule has 0 N–H and O–H groups in total. The molecule has 0 unspecified atom stereocenters. The quantitative estimate of drug-likeness (QED) is 0.480. The van der Waals surface area contributed by atoms with Gasteiger partial charge in [-0.05, 0) is 43.5 Å². The number of rotatable bonds is 4. The molecule has 0 aliphatic carbocycles. The van der Waals surface area contributed by atoms with E-state index >= 15 is 0 Å². The first-order valence-electron chi connectivity index (χ1n) is 8.79. The minimum Gasteiger partial charge on any atom is -0.344 e. The van der Waals surface area contributed by atoms with E-state index in [4.69, 9.17) is 0 Å². The largest absolute Gasteiger partial charge is 0.344 e. The molecule has 0 fully saturated rings. The molecule has 2 nitrogen and oxygen atoms in total. The maximum atomic E-state index is 4.42. The average molecular weight is 326 g/mol. The van der Waals surface area contributed by atoms with E-state index in [2.05, 4.69) is 83.2 Å². The summed E-state index contributed by atoms with van der Waals surface area (Å²) in [6.07, 6.45) is 2.98. The van der Waals surface area contributed by atoms with Gasteiger partial charge in [0.05, 0.1) is 0 Å². The second-order valence-electron chi connectivity index (χ2n) is 6.55. The van der Waals surface area contributed by atoms with Crippen molar-refractivity contribution in [2.24, 2.45) is 0 Å². The molecule has 2 heteroatoms. The van der Waals surface area contributed by atoms with Gasteiger partial charge in [0.1, 0.15) is 0 Å². The lowest BCUT2D eigenvalue weighted by atomic mass is 10.0. The van der Waals surface area contributed by atoms with E-state index in [9.17, 15) is 0 Å². The number of aryl methyl sites for hydroxylation is 3. The molecule has 4 rings (SSSR count). The molecule has 25 heavy (non-hydrogen) atoms. The van der Waals surface area contributed by atoms with Gasteiger partial charge in [0, 0.05) is 40.6 Å². The minimum absolute atomic E-state index is 0.962. The molecule has 0 saturated carbocycles. The van der Waals surface area contributed by atoms with Crippen molar-refractivity contribution in [2.45, 2.75) is 26.8 Å². The molecule has 0 aliphatic heterocycles. The Morgan fingerprint density at radius 2 is 1.60 bits per heavy atom. The highest BCUT2D eigenvalue weighted by Crippen LogP contribution is 2.34. The Morgan fingerprint density at radius 1 is 0.840 bits per heavy atom. The van der Waals surface area contributed by atoms with Gasteiger partial charge in [0.25, 0.3) is 0 Å². The fourth-order valence-corrected chi connectivity index (χ4v) is 3.58. The maximum Gasteiger partial charge on any atom is 0.0489 e. The highest BCUT2D eigenvalue weighted by Gasteiger charge is 2.14. The highest BCUT2D eigenvalue weighted by molar-refractivity contribution is 5.98. The number of benzene rings is 2. The van der Waals surface area contributed by atoms with Gasteiger partial charge in [-0.3, -0.25) is 4.98 Å². The van der Waals surface area contributed by atoms with Crippen molar-refractivity contribution < 1.29 is 0 Å². The first-order valence-corrected chi connectivity index (χ1v) is 8.79. The van der Waals surface area contributed by atoms with E-state index in [1.807, 2.05) is 13.1 Å². The molecule has 2 heterocycles. The van der Waals surface area contributed by atoms with Crippen molar-refractivity contribution in [3.63, 3.8) is 0 Å². The summed E-state index contributed by atoms with van der Waals surface area (Å²) in [7, 11) is 0. The number of hydrogen-bond donors (Lipinski definition) is 0. The van der Waals surface area contributed by atoms with Crippen LogP contribution in [0, 0.1) is 13.8 Å². The standard InChI is InChI=1S/C23H22N2/c1-17-12-13-19(16-24-17)14-15-25-18(2)23(20-8-4-3-5-9-20)21-10-6-7-11-22(21)25/h3-13,16H,14-15H2,1-2H3. The predicted octanol–water partition coefficient (Wildman–Crippen LogP) is 5.56. The third-order valence-electron chi connectivity index (χ3n) is 4.89. The Balaban J connectivity index is 1.76. The number of pyridine rings is 1. The van der Waals surface area contributed by atoms with Gasteiger partial charge in [-0.15, -0.1) is 0 Å². The van der Waals surface area contributed by atoms with Crippen LogP contribution in [0.3, 0.4) is 0 Å². The molecule has 0 amide bonds. The zero-order valence-corrected chi connectivity index (χ0v) is 14.7. The SMILES string of the molecule is Cc1ccc(CCn2c(C)c(-c3ccccc3)c3ccccc32)cn1. The summed E-state index contributed by atoms with van der Waals surface area (Å²) in [4.78, 5) is 4.42. The molecule has 2 aromatic carbocycles. The Labute approximate surface area is 148 Å². The number of aromatic nitrogens is 2. The third kappa shape index (κ3) is 2.96. The predicted molar refractivity (Wildman–Crippen MR) is 105 cm³/mol. The molecule has 4 aromatic rings. The third-order valence-corrected chi connectivity index (χ3v) is 4.89. The average Bonchev–Trinajstić information content (AvgIpc) is 2.93. The molecular formula is C23H22N2. The Bertz CT molecular complexity index is 996. The van der Waals surface area contributed by atoms with E-state index in [-0.39, 0.29) is 0 Å². The van der Waals surface area contributed by atoms with Crippen LogP contribution in [0.5, 0.6) is 0 Å². The van der Waals surface area contributed by atoms with Crippen LogP contribution in [0.2, 0.25) is 0 Å². The van der Waals surface area contributed by atoms with E-state index < -0.39 is 0 Å². The summed E-state index contributed by atoms with van der Waals surface area (Å²) in [6.45, 7) is 5.22. The van der Waals surface area contributed by atoms with Crippen molar-refractivity contribution in [2.75, 3.05) is 0 Å². The Kier molecular flexibility index (Phi) is 4.10. The van der Waals surface area contributed by atoms with Crippen molar-refractivity contribution in [1.82, 2.24) is 9.55 Å². The normalized spacial score (nSPS) is 11.1. The summed E-state index contributed by atoms with van der Waals surface area (Å²) in [5.74, 6) is 0. The fourth-order valence-electron chi connectivity index (χ4n) is 3.58. The monoisotopic (exact) mass is 326 g/mol. The summed E-state index contributed by atoms with van der Waals surface area (Å²) >= 11 is 0. The summed E-state index contributed by atoms with van der Waals surface area (Å²) in [6, 6.07) is 23.7. The maximum absolute atomic E-state index is 4.42. The number of fused-ring (bicyclic) bond motifs is 1. The summed E-state index contributed by atoms with van der Waals surface area (Å²) in [5, 5.41) is 1.33. The molecule has 124 valence electrons. The molecule has 0 spiro atoms. The first-order chi connectivity index (χ1) is 12.2. The van der Waals surface area contributed by atoms with E-state index in [1.165, 1.54) is 33.3 Å². The number of para-hydroxylation sites is 1. The summed E-state index contributed by atoms with van der Waals surface area (Å²) < 4.78 is 2.44. The van der Waals surface area contributed by atoms with Crippen LogP contribution in [-0.2, 0) is 13.0 Å². The van der Waals surface area contributed by atoms with Crippen molar-refractivity contribution in [1.29, 1.82) is 0 Å². The fraction of sp³-hybridized carbons (Fsp3) is 0.174. The molecule has 0 aliphatic rings. The zero-order chi connectivity index (χ0) is 17.2. The van der Waals surface area contributed by atoms with E-state index in [0.717, 1.165) is 18.7 Å². The highest BCUT2D eigenvalue weighted by atomic mass is 15.0. The topological polar surface area (TPSA) is 17.8 Å². The van der Waals surface area contributed by atoms with Crippen LogP contribution in [0.15, 0.2) is 72.9 Å². The molecule has 0 atom stereocenters. The number of hydrogen-bond acceptors (Lipinski definition) is 1. The molecule has 0 saturated heterocycles.